The van der Waals surface area contributed by atoms with E-state index in [0.29, 0.717) is 17.0 Å². The molecule has 3 aliphatic rings. The number of phenolic OH excluding ortho intramolecular Hbond substituents is 1. The molecule has 1 fully saturated rings. The van der Waals surface area contributed by atoms with Crippen molar-refractivity contribution in [1.29, 1.82) is 0 Å². The summed E-state index contributed by atoms with van der Waals surface area (Å²) in [5.41, 5.74) is 2.06. The highest BCUT2D eigenvalue weighted by Crippen LogP contribution is 2.53. The van der Waals surface area contributed by atoms with Crippen LogP contribution in [0.25, 0.3) is 0 Å². The second-order valence-electron chi connectivity index (χ2n) is 8.13. The Morgan fingerprint density at radius 1 is 1.27 bits per heavy atom. The lowest BCUT2D eigenvalue weighted by Crippen LogP contribution is -2.59. The van der Waals surface area contributed by atoms with Gasteiger partial charge in [0.25, 0.3) is 0 Å². The molecule has 30 heavy (non-hydrogen) atoms. The van der Waals surface area contributed by atoms with Gasteiger partial charge in [-0.15, -0.1) is 0 Å². The Kier molecular flexibility index (Phi) is 4.79. The van der Waals surface area contributed by atoms with Crippen LogP contribution in [-0.2, 0) is 0 Å². The molecule has 7 heteroatoms. The van der Waals surface area contributed by atoms with Crippen molar-refractivity contribution in [3.05, 3.63) is 52.5 Å². The van der Waals surface area contributed by atoms with E-state index < -0.39 is 5.72 Å². The number of fused-ring (bicyclic) bond motifs is 4. The number of phenols is 1. The maximum Gasteiger partial charge on any atom is 0.200 e. The van der Waals surface area contributed by atoms with Crippen molar-refractivity contribution in [2.75, 3.05) is 26.7 Å². The van der Waals surface area contributed by atoms with Gasteiger partial charge in [-0.2, -0.15) is 5.10 Å². The lowest BCUT2D eigenvalue weighted by molar-refractivity contribution is -0.150. The Hall–Kier alpha value is -2.44. The van der Waals surface area contributed by atoms with Gasteiger partial charge in [0.05, 0.1) is 18.9 Å². The van der Waals surface area contributed by atoms with Gasteiger partial charge >= 0.3 is 0 Å². The molecule has 0 aromatic heterocycles. The maximum atomic E-state index is 10.5. The summed E-state index contributed by atoms with van der Waals surface area (Å²) in [5.74, 6) is 1.76. The molecule has 0 bridgehead atoms. The Bertz CT molecular complexity index is 1000. The first-order chi connectivity index (χ1) is 14.5. The van der Waals surface area contributed by atoms with Gasteiger partial charge in [-0.3, -0.25) is 0 Å². The third-order valence-electron chi connectivity index (χ3n) is 6.56. The van der Waals surface area contributed by atoms with E-state index in [1.165, 1.54) is 0 Å². The summed E-state index contributed by atoms with van der Waals surface area (Å²) in [6.07, 6.45) is 2.39. The fraction of sp³-hybridized carbons (Fsp3) is 0.435. The Labute approximate surface area is 181 Å². The van der Waals surface area contributed by atoms with Crippen LogP contribution in [0.3, 0.4) is 0 Å². The van der Waals surface area contributed by atoms with Crippen LogP contribution < -0.4 is 9.47 Å². The summed E-state index contributed by atoms with van der Waals surface area (Å²) in [4.78, 5) is 2.44. The second-order valence-corrected chi connectivity index (χ2v) is 8.57. The standard InChI is InChI=1S/C23H26ClN3O3/c1-3-26-11-9-23(10-12-26)27-19(16-5-4-6-21(29-2)22(16)30-23)14-18(25-27)17-13-15(24)7-8-20(17)28/h4-8,13,19,28H,3,9-12,14H2,1-2H3/t19-/m1/s1. The van der Waals surface area contributed by atoms with E-state index in [1.807, 2.05) is 12.1 Å². The lowest BCUT2D eigenvalue weighted by atomic mass is 9.90. The fourth-order valence-electron chi connectivity index (χ4n) is 4.88. The van der Waals surface area contributed by atoms with Crippen molar-refractivity contribution < 1.29 is 14.6 Å². The molecule has 0 unspecified atom stereocenters. The van der Waals surface area contributed by atoms with E-state index in [9.17, 15) is 5.11 Å². The normalized spacial score (nSPS) is 22.3. The fourth-order valence-corrected chi connectivity index (χ4v) is 5.05. The molecule has 0 radical (unpaired) electrons. The number of hydrogen-bond donors (Lipinski definition) is 1. The van der Waals surface area contributed by atoms with Crippen LogP contribution in [0.15, 0.2) is 41.5 Å². The Morgan fingerprint density at radius 3 is 2.80 bits per heavy atom. The third kappa shape index (κ3) is 3.01. The van der Waals surface area contributed by atoms with Gasteiger partial charge in [0, 0.05) is 48.5 Å². The number of aromatic hydroxyl groups is 1. The SMILES string of the molecule is CCN1CCC2(CC1)Oc1c(OC)cccc1[C@H]1CC(c3cc(Cl)ccc3O)=NN12. The molecule has 5 rings (SSSR count). The number of para-hydroxylation sites is 1. The molecule has 3 heterocycles. The van der Waals surface area contributed by atoms with Crippen LogP contribution in [0.2, 0.25) is 5.02 Å². The number of hydrazone groups is 1. The van der Waals surface area contributed by atoms with E-state index >= 15 is 0 Å². The van der Waals surface area contributed by atoms with E-state index in [1.54, 1.807) is 25.3 Å². The molecule has 1 N–H and O–H groups in total. The molecule has 0 aliphatic carbocycles. The molecule has 1 spiro atoms. The molecule has 0 saturated carbocycles. The minimum absolute atomic E-state index is 0.0328. The Balaban J connectivity index is 1.60. The van der Waals surface area contributed by atoms with E-state index in [0.717, 1.165) is 55.3 Å². The molecule has 1 atom stereocenters. The molecule has 2 aromatic carbocycles. The first-order valence-corrected chi connectivity index (χ1v) is 10.9. The van der Waals surface area contributed by atoms with Crippen LogP contribution in [0.1, 0.15) is 43.4 Å². The predicted octanol–water partition coefficient (Wildman–Crippen LogP) is 4.41. The average molecular weight is 428 g/mol. The molecule has 3 aliphatic heterocycles. The highest BCUT2D eigenvalue weighted by molar-refractivity contribution is 6.31. The van der Waals surface area contributed by atoms with Crippen molar-refractivity contribution in [2.45, 2.75) is 38.0 Å². The van der Waals surface area contributed by atoms with Gasteiger partial charge in [0.1, 0.15) is 5.75 Å². The number of rotatable bonds is 3. The Morgan fingerprint density at radius 2 is 2.07 bits per heavy atom. The zero-order valence-electron chi connectivity index (χ0n) is 17.3. The minimum atomic E-state index is -0.520. The molecule has 0 amide bonds. The summed E-state index contributed by atoms with van der Waals surface area (Å²) in [5, 5.41) is 18.2. The third-order valence-corrected chi connectivity index (χ3v) is 6.80. The number of ether oxygens (including phenoxy) is 2. The summed E-state index contributed by atoms with van der Waals surface area (Å²) in [6.45, 7) is 5.13. The van der Waals surface area contributed by atoms with Crippen molar-refractivity contribution in [2.24, 2.45) is 5.10 Å². The highest BCUT2D eigenvalue weighted by atomic mass is 35.5. The van der Waals surface area contributed by atoms with E-state index in [-0.39, 0.29) is 11.8 Å². The van der Waals surface area contributed by atoms with Crippen LogP contribution in [0.5, 0.6) is 17.2 Å². The van der Waals surface area contributed by atoms with Gasteiger partial charge in [-0.05, 0) is 30.8 Å². The van der Waals surface area contributed by atoms with Gasteiger partial charge in [-0.1, -0.05) is 30.7 Å². The number of hydrogen-bond acceptors (Lipinski definition) is 6. The summed E-state index contributed by atoms with van der Waals surface area (Å²) >= 11 is 6.22. The first kappa shape index (κ1) is 19.5. The van der Waals surface area contributed by atoms with Gasteiger partial charge in [-0.25, -0.2) is 5.01 Å². The van der Waals surface area contributed by atoms with Crippen LogP contribution in [-0.4, -0.2) is 53.2 Å². The second kappa shape index (κ2) is 7.36. The number of piperidine rings is 1. The number of benzene rings is 2. The van der Waals surface area contributed by atoms with Crippen molar-refractivity contribution in [3.8, 4) is 17.2 Å². The molecule has 158 valence electrons. The summed E-state index contributed by atoms with van der Waals surface area (Å²) in [7, 11) is 1.68. The largest absolute Gasteiger partial charge is 0.507 e. The number of halogens is 1. The summed E-state index contributed by atoms with van der Waals surface area (Å²) in [6, 6.07) is 11.2. The summed E-state index contributed by atoms with van der Waals surface area (Å²) < 4.78 is 12.3. The quantitative estimate of drug-likeness (QED) is 0.786. The van der Waals surface area contributed by atoms with Crippen molar-refractivity contribution >= 4 is 17.3 Å². The number of methoxy groups -OCH3 is 1. The van der Waals surface area contributed by atoms with Crippen molar-refractivity contribution in [3.63, 3.8) is 0 Å². The van der Waals surface area contributed by atoms with E-state index in [4.69, 9.17) is 26.2 Å². The molecule has 2 aromatic rings. The topological polar surface area (TPSA) is 57.5 Å². The number of nitrogens with zero attached hydrogens (tertiary/aromatic N) is 3. The monoisotopic (exact) mass is 427 g/mol. The molecular weight excluding hydrogens is 402 g/mol. The zero-order valence-corrected chi connectivity index (χ0v) is 18.0. The predicted molar refractivity (Wildman–Crippen MR) is 117 cm³/mol. The minimum Gasteiger partial charge on any atom is -0.507 e. The van der Waals surface area contributed by atoms with Gasteiger partial charge in [0.15, 0.2) is 11.5 Å². The molecule has 6 nitrogen and oxygen atoms in total. The van der Waals surface area contributed by atoms with Crippen LogP contribution in [0.4, 0.5) is 0 Å². The van der Waals surface area contributed by atoms with E-state index in [2.05, 4.69) is 22.9 Å². The van der Waals surface area contributed by atoms with Crippen LogP contribution in [0, 0.1) is 0 Å². The maximum absolute atomic E-state index is 10.5. The van der Waals surface area contributed by atoms with Crippen LogP contribution >= 0.6 is 11.6 Å². The zero-order chi connectivity index (χ0) is 20.9. The smallest absolute Gasteiger partial charge is 0.200 e. The molecule has 1 saturated heterocycles. The van der Waals surface area contributed by atoms with Gasteiger partial charge < -0.3 is 19.5 Å². The lowest BCUT2D eigenvalue weighted by Gasteiger charge is -2.51. The number of likely N-dealkylation sites (tertiary alicyclic amines) is 1. The first-order valence-electron chi connectivity index (χ1n) is 10.5. The van der Waals surface area contributed by atoms with Gasteiger partial charge in [0.2, 0.25) is 5.72 Å². The average Bonchev–Trinajstić information content (AvgIpc) is 3.22. The highest BCUT2D eigenvalue weighted by Gasteiger charge is 2.52. The van der Waals surface area contributed by atoms with Crippen molar-refractivity contribution in [1.82, 2.24) is 9.91 Å². The molecular formula is C23H26ClN3O3.